The maximum absolute atomic E-state index is 13.8. The third-order valence-corrected chi connectivity index (χ3v) is 5.85. The summed E-state index contributed by atoms with van der Waals surface area (Å²) in [5.74, 6) is -0.770. The molecule has 5 rings (SSSR count). The van der Waals surface area contributed by atoms with Crippen LogP contribution in [0.15, 0.2) is 91.1 Å². The van der Waals surface area contributed by atoms with Gasteiger partial charge in [-0.3, -0.25) is 9.59 Å². The standard InChI is InChI=1S/C26H22N4O2/c27-25(31)23-15-19-11-7-8-12-20(19)16-29(23)26(32)22-17-30(21-13-5-2-6-14-21)28-24(22)18-9-3-1-4-10-18/h1-14,17,23H,15-16H2,(H2,27,31). The van der Waals surface area contributed by atoms with Gasteiger partial charge in [0.2, 0.25) is 5.91 Å². The first-order valence-electron chi connectivity index (χ1n) is 10.5. The maximum Gasteiger partial charge on any atom is 0.258 e. The summed E-state index contributed by atoms with van der Waals surface area (Å²) in [5, 5.41) is 4.73. The van der Waals surface area contributed by atoms with Gasteiger partial charge in [-0.05, 0) is 23.3 Å². The molecule has 1 aliphatic heterocycles. The summed E-state index contributed by atoms with van der Waals surface area (Å²) in [5.41, 5.74) is 10.5. The molecule has 2 amide bonds. The first-order chi connectivity index (χ1) is 15.6. The number of para-hydroxylation sites is 1. The Morgan fingerprint density at radius 2 is 1.47 bits per heavy atom. The number of rotatable bonds is 4. The van der Waals surface area contributed by atoms with E-state index in [1.807, 2.05) is 84.9 Å². The summed E-state index contributed by atoms with van der Waals surface area (Å²) in [6.45, 7) is 0.327. The molecule has 0 saturated heterocycles. The van der Waals surface area contributed by atoms with Crippen molar-refractivity contribution in [3.63, 3.8) is 0 Å². The zero-order valence-corrected chi connectivity index (χ0v) is 17.4. The van der Waals surface area contributed by atoms with Gasteiger partial charge in [0.05, 0.1) is 11.3 Å². The minimum atomic E-state index is -0.707. The molecule has 6 nitrogen and oxygen atoms in total. The van der Waals surface area contributed by atoms with Gasteiger partial charge in [-0.2, -0.15) is 5.10 Å². The first kappa shape index (κ1) is 19.8. The molecule has 1 atom stereocenters. The Balaban J connectivity index is 1.61. The molecular weight excluding hydrogens is 400 g/mol. The highest BCUT2D eigenvalue weighted by atomic mass is 16.2. The van der Waals surface area contributed by atoms with Gasteiger partial charge in [0.25, 0.3) is 5.91 Å². The third-order valence-electron chi connectivity index (χ3n) is 5.85. The zero-order chi connectivity index (χ0) is 22.1. The molecule has 1 unspecified atom stereocenters. The van der Waals surface area contributed by atoms with Crippen LogP contribution in [-0.4, -0.2) is 32.5 Å². The lowest BCUT2D eigenvalue weighted by molar-refractivity contribution is -0.122. The molecule has 32 heavy (non-hydrogen) atoms. The summed E-state index contributed by atoms with van der Waals surface area (Å²) in [7, 11) is 0. The number of aromatic nitrogens is 2. The third kappa shape index (κ3) is 3.56. The fraction of sp³-hybridized carbons (Fsp3) is 0.115. The minimum absolute atomic E-state index is 0.260. The van der Waals surface area contributed by atoms with Crippen LogP contribution in [0.25, 0.3) is 16.9 Å². The number of carbonyl (C=O) groups is 2. The zero-order valence-electron chi connectivity index (χ0n) is 17.4. The number of benzene rings is 3. The lowest BCUT2D eigenvalue weighted by Gasteiger charge is -2.35. The van der Waals surface area contributed by atoms with E-state index in [2.05, 4.69) is 0 Å². The van der Waals surface area contributed by atoms with Crippen molar-refractivity contribution in [2.75, 3.05) is 0 Å². The van der Waals surface area contributed by atoms with Gasteiger partial charge in [-0.25, -0.2) is 4.68 Å². The number of primary amides is 1. The molecule has 158 valence electrons. The van der Waals surface area contributed by atoms with Crippen molar-refractivity contribution >= 4 is 11.8 Å². The van der Waals surface area contributed by atoms with E-state index >= 15 is 0 Å². The molecule has 0 bridgehead atoms. The average Bonchev–Trinajstić information content (AvgIpc) is 3.29. The van der Waals surface area contributed by atoms with E-state index < -0.39 is 11.9 Å². The summed E-state index contributed by atoms with van der Waals surface area (Å²) in [6, 6.07) is 26.4. The monoisotopic (exact) mass is 422 g/mol. The molecule has 0 fully saturated rings. The largest absolute Gasteiger partial charge is 0.368 e. The SMILES string of the molecule is NC(=O)C1Cc2ccccc2CN1C(=O)c1cn(-c2ccccc2)nc1-c1ccccc1. The van der Waals surface area contributed by atoms with Gasteiger partial charge in [-0.1, -0.05) is 72.8 Å². The molecule has 0 aliphatic carbocycles. The van der Waals surface area contributed by atoms with Crippen LogP contribution in [-0.2, 0) is 17.8 Å². The van der Waals surface area contributed by atoms with Crippen LogP contribution >= 0.6 is 0 Å². The molecule has 0 radical (unpaired) electrons. The predicted molar refractivity (Wildman–Crippen MR) is 122 cm³/mol. The lowest BCUT2D eigenvalue weighted by Crippen LogP contribution is -2.51. The number of carbonyl (C=O) groups excluding carboxylic acids is 2. The van der Waals surface area contributed by atoms with Crippen molar-refractivity contribution < 1.29 is 9.59 Å². The Hall–Kier alpha value is -4.19. The van der Waals surface area contributed by atoms with Crippen molar-refractivity contribution in [3.8, 4) is 16.9 Å². The lowest BCUT2D eigenvalue weighted by atomic mass is 9.92. The molecule has 2 N–H and O–H groups in total. The van der Waals surface area contributed by atoms with Gasteiger partial charge in [0, 0.05) is 24.7 Å². The van der Waals surface area contributed by atoms with E-state index in [1.165, 1.54) is 0 Å². The van der Waals surface area contributed by atoms with Gasteiger partial charge >= 0.3 is 0 Å². The van der Waals surface area contributed by atoms with Crippen LogP contribution in [0.3, 0.4) is 0 Å². The van der Waals surface area contributed by atoms with Crippen molar-refractivity contribution in [1.29, 1.82) is 0 Å². The molecule has 2 heterocycles. The van der Waals surface area contributed by atoms with E-state index in [1.54, 1.807) is 15.8 Å². The summed E-state index contributed by atoms with van der Waals surface area (Å²) < 4.78 is 1.70. The smallest absolute Gasteiger partial charge is 0.258 e. The molecule has 6 heteroatoms. The molecular formula is C26H22N4O2. The summed E-state index contributed by atoms with van der Waals surface area (Å²) >= 11 is 0. The second kappa shape index (κ2) is 8.15. The van der Waals surface area contributed by atoms with Crippen LogP contribution in [0.5, 0.6) is 0 Å². The van der Waals surface area contributed by atoms with Crippen molar-refractivity contribution in [1.82, 2.24) is 14.7 Å². The van der Waals surface area contributed by atoms with E-state index in [0.29, 0.717) is 24.2 Å². The first-order valence-corrected chi connectivity index (χ1v) is 10.5. The second-order valence-corrected chi connectivity index (χ2v) is 7.86. The van der Waals surface area contributed by atoms with Gasteiger partial charge in [0.15, 0.2) is 0 Å². The fourth-order valence-corrected chi connectivity index (χ4v) is 4.20. The second-order valence-electron chi connectivity index (χ2n) is 7.86. The van der Waals surface area contributed by atoms with E-state index in [0.717, 1.165) is 22.4 Å². The summed E-state index contributed by atoms with van der Waals surface area (Å²) in [6.07, 6.45) is 2.14. The minimum Gasteiger partial charge on any atom is -0.368 e. The van der Waals surface area contributed by atoms with Crippen molar-refractivity contribution in [2.24, 2.45) is 5.73 Å². The maximum atomic E-state index is 13.8. The van der Waals surface area contributed by atoms with Crippen LogP contribution < -0.4 is 5.73 Å². The van der Waals surface area contributed by atoms with E-state index in [-0.39, 0.29) is 5.91 Å². The number of hydrogen-bond acceptors (Lipinski definition) is 3. The molecule has 0 saturated carbocycles. The molecule has 0 spiro atoms. The molecule has 4 aromatic rings. The van der Waals surface area contributed by atoms with E-state index in [4.69, 9.17) is 10.8 Å². The number of fused-ring (bicyclic) bond motifs is 1. The number of nitrogens with zero attached hydrogens (tertiary/aromatic N) is 3. The fourth-order valence-electron chi connectivity index (χ4n) is 4.20. The Bertz CT molecular complexity index is 1280. The topological polar surface area (TPSA) is 81.2 Å². The van der Waals surface area contributed by atoms with Gasteiger partial charge in [-0.15, -0.1) is 0 Å². The number of nitrogens with two attached hydrogens (primary N) is 1. The van der Waals surface area contributed by atoms with E-state index in [9.17, 15) is 9.59 Å². The number of hydrogen-bond donors (Lipinski definition) is 1. The normalized spacial score (nSPS) is 15.2. The van der Waals surface area contributed by atoms with Gasteiger partial charge in [0.1, 0.15) is 11.7 Å². The molecule has 1 aliphatic rings. The van der Waals surface area contributed by atoms with Crippen molar-refractivity contribution in [3.05, 3.63) is 108 Å². The highest BCUT2D eigenvalue weighted by Crippen LogP contribution is 2.29. The summed E-state index contributed by atoms with van der Waals surface area (Å²) in [4.78, 5) is 27.7. The van der Waals surface area contributed by atoms with Crippen LogP contribution in [0.4, 0.5) is 0 Å². The molecule has 1 aromatic heterocycles. The Morgan fingerprint density at radius 3 is 2.16 bits per heavy atom. The number of amides is 2. The highest BCUT2D eigenvalue weighted by Gasteiger charge is 2.35. The molecule has 3 aromatic carbocycles. The van der Waals surface area contributed by atoms with Crippen LogP contribution in [0, 0.1) is 0 Å². The highest BCUT2D eigenvalue weighted by molar-refractivity contribution is 6.02. The Labute approximate surface area is 185 Å². The average molecular weight is 422 g/mol. The van der Waals surface area contributed by atoms with Crippen molar-refractivity contribution in [2.45, 2.75) is 19.0 Å². The quantitative estimate of drug-likeness (QED) is 0.546. The van der Waals surface area contributed by atoms with Crippen LogP contribution in [0.1, 0.15) is 21.5 Å². The Morgan fingerprint density at radius 1 is 0.844 bits per heavy atom. The predicted octanol–water partition coefficient (Wildman–Crippen LogP) is 3.59. The Kier molecular flexibility index (Phi) is 5.03. The van der Waals surface area contributed by atoms with Crippen LogP contribution in [0.2, 0.25) is 0 Å². The van der Waals surface area contributed by atoms with Gasteiger partial charge < -0.3 is 10.6 Å².